The fraction of sp³-hybridized carbons (Fsp3) is 0.562. The lowest BCUT2D eigenvalue weighted by Gasteiger charge is -2.33. The number of nitrogens with zero attached hydrogens (tertiary/aromatic N) is 1. The first-order valence-corrected chi connectivity index (χ1v) is 7.29. The van der Waals surface area contributed by atoms with E-state index in [0.717, 1.165) is 32.5 Å². The lowest BCUT2D eigenvalue weighted by Crippen LogP contribution is -2.42. The van der Waals surface area contributed by atoms with Gasteiger partial charge in [0.1, 0.15) is 0 Å². The molecule has 1 amide bonds. The van der Waals surface area contributed by atoms with Crippen molar-refractivity contribution in [1.29, 1.82) is 0 Å². The number of benzene rings is 1. The summed E-state index contributed by atoms with van der Waals surface area (Å²) in [4.78, 5) is 14.9. The Morgan fingerprint density at radius 2 is 2.21 bits per heavy atom. The Morgan fingerprint density at radius 1 is 1.37 bits per heavy atom. The number of aryl methyl sites for hydroxylation is 2. The summed E-state index contributed by atoms with van der Waals surface area (Å²) in [5, 5.41) is 3.33. The van der Waals surface area contributed by atoms with Crippen molar-refractivity contribution in [3.05, 3.63) is 29.3 Å². The lowest BCUT2D eigenvalue weighted by molar-refractivity contribution is -0.122. The van der Waals surface area contributed by atoms with Gasteiger partial charge < -0.3 is 10.2 Å². The van der Waals surface area contributed by atoms with Crippen molar-refractivity contribution in [2.24, 2.45) is 11.8 Å². The van der Waals surface area contributed by atoms with Crippen molar-refractivity contribution in [3.8, 4) is 0 Å². The number of carbonyl (C=O) groups excluding carboxylic acids is 1. The molecule has 0 bridgehead atoms. The number of rotatable bonds is 1. The quantitative estimate of drug-likeness (QED) is 0.837. The third-order valence-electron chi connectivity index (χ3n) is 4.52. The monoisotopic (exact) mass is 258 g/mol. The summed E-state index contributed by atoms with van der Waals surface area (Å²) in [6.07, 6.45) is 2.18. The van der Waals surface area contributed by atoms with Crippen molar-refractivity contribution >= 4 is 11.6 Å². The van der Waals surface area contributed by atoms with Crippen LogP contribution in [0.1, 0.15) is 24.5 Å². The van der Waals surface area contributed by atoms with Gasteiger partial charge in [0.15, 0.2) is 0 Å². The second-order valence-electron chi connectivity index (χ2n) is 5.92. The normalized spacial score (nSPS) is 26.3. The predicted molar refractivity (Wildman–Crippen MR) is 77.4 cm³/mol. The van der Waals surface area contributed by atoms with Gasteiger partial charge in [-0.25, -0.2) is 0 Å². The maximum absolute atomic E-state index is 12.8. The largest absolute Gasteiger partial charge is 0.316 e. The lowest BCUT2D eigenvalue weighted by atomic mass is 9.93. The molecule has 0 aliphatic carbocycles. The molecule has 0 aromatic heterocycles. The minimum Gasteiger partial charge on any atom is -0.316 e. The molecule has 1 N–H and O–H groups in total. The highest BCUT2D eigenvalue weighted by molar-refractivity contribution is 5.97. The van der Waals surface area contributed by atoms with E-state index >= 15 is 0 Å². The Hall–Kier alpha value is -1.35. The summed E-state index contributed by atoms with van der Waals surface area (Å²) >= 11 is 0. The van der Waals surface area contributed by atoms with E-state index in [-0.39, 0.29) is 5.92 Å². The second kappa shape index (κ2) is 4.97. The topological polar surface area (TPSA) is 32.3 Å². The molecule has 0 unspecified atom stereocenters. The molecule has 19 heavy (non-hydrogen) atoms. The van der Waals surface area contributed by atoms with E-state index in [1.54, 1.807) is 0 Å². The Morgan fingerprint density at radius 3 is 2.95 bits per heavy atom. The van der Waals surface area contributed by atoms with Crippen LogP contribution in [0.5, 0.6) is 0 Å². The van der Waals surface area contributed by atoms with E-state index < -0.39 is 0 Å². The number of hydrogen-bond acceptors (Lipinski definition) is 2. The minimum absolute atomic E-state index is 0.144. The predicted octanol–water partition coefficient (Wildman–Crippen LogP) is 2.13. The summed E-state index contributed by atoms with van der Waals surface area (Å²) in [6, 6.07) is 6.38. The van der Waals surface area contributed by atoms with Crippen molar-refractivity contribution in [2.75, 3.05) is 24.5 Å². The number of carbonyl (C=O) groups is 1. The van der Waals surface area contributed by atoms with Gasteiger partial charge in [-0.2, -0.15) is 0 Å². The molecule has 3 rings (SSSR count). The van der Waals surface area contributed by atoms with Gasteiger partial charge in [0.25, 0.3) is 0 Å². The molecule has 1 aromatic rings. The number of hydrogen-bond donors (Lipinski definition) is 1. The van der Waals surface area contributed by atoms with E-state index in [0.29, 0.717) is 11.8 Å². The fourth-order valence-electron chi connectivity index (χ4n) is 3.41. The zero-order valence-electron chi connectivity index (χ0n) is 11.8. The summed E-state index contributed by atoms with van der Waals surface area (Å²) in [6.45, 7) is 6.95. The first kappa shape index (κ1) is 12.7. The highest BCUT2D eigenvalue weighted by Gasteiger charge is 2.35. The highest BCUT2D eigenvalue weighted by atomic mass is 16.2. The van der Waals surface area contributed by atoms with Gasteiger partial charge in [0.05, 0.1) is 5.92 Å². The zero-order chi connectivity index (χ0) is 13.4. The van der Waals surface area contributed by atoms with Crippen molar-refractivity contribution in [1.82, 2.24) is 5.32 Å². The molecule has 0 radical (unpaired) electrons. The van der Waals surface area contributed by atoms with E-state index in [2.05, 4.69) is 37.4 Å². The van der Waals surface area contributed by atoms with E-state index in [4.69, 9.17) is 0 Å². The fourth-order valence-corrected chi connectivity index (χ4v) is 3.41. The summed E-state index contributed by atoms with van der Waals surface area (Å²) in [5.74, 6) is 0.903. The van der Waals surface area contributed by atoms with Crippen LogP contribution in [0.25, 0.3) is 0 Å². The number of anilines is 1. The van der Waals surface area contributed by atoms with Crippen LogP contribution in [0, 0.1) is 18.8 Å². The molecule has 3 nitrogen and oxygen atoms in total. The molecule has 1 fully saturated rings. The first-order chi connectivity index (χ1) is 9.18. The maximum atomic E-state index is 12.8. The molecular weight excluding hydrogens is 236 g/mol. The van der Waals surface area contributed by atoms with Crippen LogP contribution in [0.2, 0.25) is 0 Å². The Labute approximate surface area is 115 Å². The molecule has 0 spiro atoms. The summed E-state index contributed by atoms with van der Waals surface area (Å²) in [5.41, 5.74) is 3.74. The van der Waals surface area contributed by atoms with Crippen molar-refractivity contribution in [3.63, 3.8) is 0 Å². The Kier molecular flexibility index (Phi) is 3.31. The second-order valence-corrected chi connectivity index (χ2v) is 5.92. The molecule has 2 aliphatic rings. The van der Waals surface area contributed by atoms with Crippen LogP contribution in [0.3, 0.4) is 0 Å². The SMILES string of the molecule is Cc1cccc2c1N(C(=O)[C@@H]1CNC[C@H]1C)CCC2. The average Bonchev–Trinajstić information content (AvgIpc) is 2.84. The number of nitrogens with one attached hydrogen (secondary N) is 1. The average molecular weight is 258 g/mol. The van der Waals surface area contributed by atoms with Crippen LogP contribution in [-0.2, 0) is 11.2 Å². The van der Waals surface area contributed by atoms with Crippen molar-refractivity contribution < 1.29 is 4.79 Å². The molecule has 102 valence electrons. The van der Waals surface area contributed by atoms with Crippen molar-refractivity contribution in [2.45, 2.75) is 26.7 Å². The van der Waals surface area contributed by atoms with Gasteiger partial charge >= 0.3 is 0 Å². The molecule has 0 saturated carbocycles. The minimum atomic E-state index is 0.144. The van der Waals surface area contributed by atoms with Crippen LogP contribution in [-0.4, -0.2) is 25.5 Å². The molecule has 1 aromatic carbocycles. The molecule has 3 heteroatoms. The van der Waals surface area contributed by atoms with Crippen LogP contribution >= 0.6 is 0 Å². The number of amides is 1. The number of fused-ring (bicyclic) bond motifs is 1. The van der Waals surface area contributed by atoms with Gasteiger partial charge in [-0.3, -0.25) is 4.79 Å². The standard InChI is InChI=1S/C16H22N2O/c1-11-5-3-6-13-7-4-8-18(15(11)13)16(19)14-10-17-9-12(14)2/h3,5-6,12,14,17H,4,7-10H2,1-2H3/t12-,14-/m1/s1. The first-order valence-electron chi connectivity index (χ1n) is 7.29. The summed E-state index contributed by atoms with van der Waals surface area (Å²) < 4.78 is 0. The molecule has 2 aliphatic heterocycles. The van der Waals surface area contributed by atoms with Crippen LogP contribution < -0.4 is 10.2 Å². The maximum Gasteiger partial charge on any atom is 0.231 e. The third-order valence-corrected chi connectivity index (χ3v) is 4.52. The van der Waals surface area contributed by atoms with Gasteiger partial charge in [0.2, 0.25) is 5.91 Å². The smallest absolute Gasteiger partial charge is 0.231 e. The highest BCUT2D eigenvalue weighted by Crippen LogP contribution is 2.32. The summed E-state index contributed by atoms with van der Waals surface area (Å²) in [7, 11) is 0. The number of para-hydroxylation sites is 1. The van der Waals surface area contributed by atoms with E-state index in [1.165, 1.54) is 16.8 Å². The molecule has 2 atom stereocenters. The van der Waals surface area contributed by atoms with Gasteiger partial charge in [-0.1, -0.05) is 25.1 Å². The Bertz CT molecular complexity index is 498. The molecular formula is C16H22N2O. The van der Waals surface area contributed by atoms with E-state index in [1.807, 2.05) is 4.90 Å². The zero-order valence-corrected chi connectivity index (χ0v) is 11.8. The third kappa shape index (κ3) is 2.16. The molecule has 1 saturated heterocycles. The van der Waals surface area contributed by atoms with Crippen LogP contribution in [0.15, 0.2) is 18.2 Å². The van der Waals surface area contributed by atoms with Gasteiger partial charge in [-0.15, -0.1) is 0 Å². The van der Waals surface area contributed by atoms with Gasteiger partial charge in [-0.05, 0) is 43.4 Å². The Balaban J connectivity index is 1.93. The van der Waals surface area contributed by atoms with E-state index in [9.17, 15) is 4.79 Å². The van der Waals surface area contributed by atoms with Gasteiger partial charge in [0, 0.05) is 18.8 Å². The molecule has 2 heterocycles. The van der Waals surface area contributed by atoms with Crippen LogP contribution in [0.4, 0.5) is 5.69 Å².